The van der Waals surface area contributed by atoms with E-state index in [4.69, 9.17) is 9.47 Å². The summed E-state index contributed by atoms with van der Waals surface area (Å²) in [4.78, 5) is 24.5. The number of nitrogens with one attached hydrogen (secondary N) is 1. The van der Waals surface area contributed by atoms with Gasteiger partial charge in [0.25, 0.3) is 5.91 Å². The molecule has 1 N–H and O–H groups in total. The van der Waals surface area contributed by atoms with E-state index in [1.54, 1.807) is 19.1 Å². The molecule has 1 atom stereocenters. The smallest absolute Gasteiger partial charge is 0.342 e. The van der Waals surface area contributed by atoms with Crippen LogP contribution < -0.4 is 10.1 Å². The summed E-state index contributed by atoms with van der Waals surface area (Å²) in [7, 11) is -1.69. The highest BCUT2D eigenvalue weighted by molar-refractivity contribution is 7.91. The average molecular weight is 391 g/mol. The molecule has 1 aliphatic rings. The Bertz CT molecular complexity index is 1000. The van der Waals surface area contributed by atoms with Gasteiger partial charge in [-0.15, -0.1) is 0 Å². The van der Waals surface area contributed by atoms with Crippen LogP contribution in [-0.2, 0) is 19.4 Å². The van der Waals surface area contributed by atoms with Crippen molar-refractivity contribution in [2.24, 2.45) is 0 Å². The molecule has 0 aromatic heterocycles. The predicted molar refractivity (Wildman–Crippen MR) is 101 cm³/mol. The van der Waals surface area contributed by atoms with Crippen LogP contribution in [0.25, 0.3) is 10.8 Å². The summed E-state index contributed by atoms with van der Waals surface area (Å²) >= 11 is 0. The van der Waals surface area contributed by atoms with Crippen LogP contribution in [0.2, 0.25) is 0 Å². The number of benzene rings is 2. The maximum Gasteiger partial charge on any atom is 0.342 e. The largest absolute Gasteiger partial charge is 0.496 e. The Kier molecular flexibility index (Phi) is 5.10. The van der Waals surface area contributed by atoms with Gasteiger partial charge in [0.1, 0.15) is 11.3 Å². The van der Waals surface area contributed by atoms with Gasteiger partial charge in [-0.3, -0.25) is 4.79 Å². The number of methoxy groups -OCH3 is 1. The predicted octanol–water partition coefficient (Wildman–Crippen LogP) is 1.70. The van der Waals surface area contributed by atoms with Crippen LogP contribution in [0.4, 0.5) is 0 Å². The van der Waals surface area contributed by atoms with Crippen LogP contribution in [0, 0.1) is 0 Å². The number of ether oxygens (including phenoxy) is 2. The van der Waals surface area contributed by atoms with Gasteiger partial charge in [-0.1, -0.05) is 24.3 Å². The molecule has 3 rings (SSSR count). The maximum absolute atomic E-state index is 12.4. The van der Waals surface area contributed by atoms with Crippen LogP contribution in [0.1, 0.15) is 23.7 Å². The van der Waals surface area contributed by atoms with Gasteiger partial charge in [-0.2, -0.15) is 0 Å². The molecule has 0 unspecified atom stereocenters. The van der Waals surface area contributed by atoms with Crippen molar-refractivity contribution >= 4 is 32.5 Å². The number of hydrogen-bond acceptors (Lipinski definition) is 6. The van der Waals surface area contributed by atoms with Crippen molar-refractivity contribution in [3.05, 3.63) is 42.0 Å². The van der Waals surface area contributed by atoms with Crippen LogP contribution >= 0.6 is 0 Å². The molecule has 144 valence electrons. The normalized spacial score (nSPS) is 21.0. The number of hydrogen-bond donors (Lipinski definition) is 1. The maximum atomic E-state index is 12.4. The summed E-state index contributed by atoms with van der Waals surface area (Å²) in [6.07, 6.45) is 0.341. The fourth-order valence-electron chi connectivity index (χ4n) is 3.24. The number of carbonyl (C=O) groups is 2. The van der Waals surface area contributed by atoms with Crippen molar-refractivity contribution in [2.75, 3.05) is 25.2 Å². The Morgan fingerprint density at radius 2 is 1.85 bits per heavy atom. The Morgan fingerprint density at radius 1 is 1.19 bits per heavy atom. The zero-order valence-corrected chi connectivity index (χ0v) is 16.0. The molecule has 1 heterocycles. The van der Waals surface area contributed by atoms with Crippen molar-refractivity contribution in [3.63, 3.8) is 0 Å². The van der Waals surface area contributed by atoms with Crippen molar-refractivity contribution in [2.45, 2.75) is 18.9 Å². The van der Waals surface area contributed by atoms with E-state index in [1.165, 1.54) is 7.11 Å². The molecule has 0 aliphatic carbocycles. The van der Waals surface area contributed by atoms with Crippen molar-refractivity contribution in [1.82, 2.24) is 5.32 Å². The molecule has 1 saturated heterocycles. The van der Waals surface area contributed by atoms with E-state index in [0.717, 1.165) is 10.8 Å². The lowest BCUT2D eigenvalue weighted by Crippen LogP contribution is -2.48. The van der Waals surface area contributed by atoms with Crippen molar-refractivity contribution in [1.29, 1.82) is 0 Å². The fourth-order valence-corrected chi connectivity index (χ4v) is 5.33. The summed E-state index contributed by atoms with van der Waals surface area (Å²) < 4.78 is 33.6. The lowest BCUT2D eigenvalue weighted by atomic mass is 10.0. The molecule has 1 aliphatic heterocycles. The van der Waals surface area contributed by atoms with Crippen LogP contribution in [0.15, 0.2) is 36.4 Å². The van der Waals surface area contributed by atoms with Gasteiger partial charge in [0, 0.05) is 0 Å². The third-order valence-electron chi connectivity index (χ3n) is 4.57. The van der Waals surface area contributed by atoms with E-state index in [2.05, 4.69) is 5.32 Å². The second kappa shape index (κ2) is 7.19. The fraction of sp³-hybridized carbons (Fsp3) is 0.368. The van der Waals surface area contributed by atoms with Crippen molar-refractivity contribution < 1.29 is 27.5 Å². The molecule has 0 radical (unpaired) electrons. The Hall–Kier alpha value is -2.61. The first kappa shape index (κ1) is 19.2. The molecule has 1 amide bonds. The van der Waals surface area contributed by atoms with Crippen molar-refractivity contribution in [3.8, 4) is 5.75 Å². The second-order valence-electron chi connectivity index (χ2n) is 6.93. The summed E-state index contributed by atoms with van der Waals surface area (Å²) in [6, 6.07) is 10.9. The lowest BCUT2D eigenvalue weighted by Gasteiger charge is -2.23. The Labute approximate surface area is 157 Å². The number of fused-ring (bicyclic) bond motifs is 1. The number of esters is 1. The minimum atomic E-state index is -3.14. The molecule has 0 saturated carbocycles. The SMILES string of the molecule is COc1cc2ccccc2cc1C(=O)OCC(=O)N[C@@]1(C)CCS(=O)(=O)C1. The number of sulfone groups is 1. The summed E-state index contributed by atoms with van der Waals surface area (Å²) in [5.41, 5.74) is -0.609. The molecule has 2 aromatic carbocycles. The molecule has 0 bridgehead atoms. The van der Waals surface area contributed by atoms with Gasteiger partial charge in [-0.25, -0.2) is 13.2 Å². The van der Waals surface area contributed by atoms with Gasteiger partial charge < -0.3 is 14.8 Å². The zero-order chi connectivity index (χ0) is 19.7. The second-order valence-corrected chi connectivity index (χ2v) is 9.11. The van der Waals surface area contributed by atoms with E-state index in [-0.39, 0.29) is 17.1 Å². The van der Waals surface area contributed by atoms with Gasteiger partial charge in [0.15, 0.2) is 16.4 Å². The average Bonchev–Trinajstić information content (AvgIpc) is 2.91. The van der Waals surface area contributed by atoms with Crippen LogP contribution in [0.5, 0.6) is 5.75 Å². The molecule has 1 fully saturated rings. The third-order valence-corrected chi connectivity index (χ3v) is 6.47. The summed E-state index contributed by atoms with van der Waals surface area (Å²) in [5, 5.41) is 4.41. The van der Waals surface area contributed by atoms with Crippen LogP contribution in [0.3, 0.4) is 0 Å². The highest BCUT2D eigenvalue weighted by Gasteiger charge is 2.39. The topological polar surface area (TPSA) is 98.8 Å². The van der Waals surface area contributed by atoms with Crippen LogP contribution in [-0.4, -0.2) is 51.1 Å². The van der Waals surface area contributed by atoms with Gasteiger partial charge in [0.05, 0.1) is 24.2 Å². The third kappa shape index (κ3) is 4.39. The molecule has 8 heteroatoms. The lowest BCUT2D eigenvalue weighted by molar-refractivity contribution is -0.125. The highest BCUT2D eigenvalue weighted by Crippen LogP contribution is 2.27. The highest BCUT2D eigenvalue weighted by atomic mass is 32.2. The molecule has 0 spiro atoms. The van der Waals surface area contributed by atoms with Gasteiger partial charge >= 0.3 is 5.97 Å². The first-order chi connectivity index (χ1) is 12.7. The first-order valence-electron chi connectivity index (χ1n) is 8.47. The molecule has 2 aromatic rings. The van der Waals surface area contributed by atoms with E-state index in [1.807, 2.05) is 24.3 Å². The summed E-state index contributed by atoms with van der Waals surface area (Å²) in [6.45, 7) is 1.17. The molecule has 7 nitrogen and oxygen atoms in total. The standard InChI is InChI=1S/C19H21NO6S/c1-19(7-8-27(23,24)12-19)20-17(21)11-26-18(22)15-9-13-5-3-4-6-14(13)10-16(15)25-2/h3-6,9-10H,7-8,11-12H2,1-2H3,(H,20,21)/t19-/m0/s1. The molecular formula is C19H21NO6S. The molecule has 27 heavy (non-hydrogen) atoms. The van der Waals surface area contributed by atoms with E-state index in [0.29, 0.717) is 12.2 Å². The van der Waals surface area contributed by atoms with E-state index >= 15 is 0 Å². The van der Waals surface area contributed by atoms with E-state index in [9.17, 15) is 18.0 Å². The number of rotatable bonds is 5. The minimum absolute atomic E-state index is 0.0395. The monoisotopic (exact) mass is 391 g/mol. The number of amides is 1. The van der Waals surface area contributed by atoms with E-state index < -0.39 is 33.9 Å². The quantitative estimate of drug-likeness (QED) is 0.779. The zero-order valence-electron chi connectivity index (χ0n) is 15.2. The minimum Gasteiger partial charge on any atom is -0.496 e. The van der Waals surface area contributed by atoms with Gasteiger partial charge in [0.2, 0.25) is 0 Å². The Morgan fingerprint density at radius 3 is 2.44 bits per heavy atom. The van der Waals surface area contributed by atoms with Gasteiger partial charge in [-0.05, 0) is 36.2 Å². The Balaban J connectivity index is 1.67. The number of carbonyl (C=O) groups excluding carboxylic acids is 2. The molecular weight excluding hydrogens is 370 g/mol. The first-order valence-corrected chi connectivity index (χ1v) is 10.3. The summed E-state index contributed by atoms with van der Waals surface area (Å²) in [5.74, 6) is -0.941.